The van der Waals surface area contributed by atoms with Crippen molar-refractivity contribution in [3.8, 4) is 0 Å². The van der Waals surface area contributed by atoms with Crippen LogP contribution in [0.3, 0.4) is 0 Å². The van der Waals surface area contributed by atoms with E-state index >= 15 is 0 Å². The summed E-state index contributed by atoms with van der Waals surface area (Å²) in [5, 5.41) is 9.60. The molecule has 0 fully saturated rings. The first-order valence-corrected chi connectivity index (χ1v) is 19.5. The Morgan fingerprint density at radius 3 is 2.10 bits per heavy atom. The third kappa shape index (κ3) is 7.25. The summed E-state index contributed by atoms with van der Waals surface area (Å²) in [6.45, 7) is 11.9. The summed E-state index contributed by atoms with van der Waals surface area (Å²) in [5.74, 6) is -0.803. The van der Waals surface area contributed by atoms with Gasteiger partial charge in [-0.3, -0.25) is 13.9 Å². The van der Waals surface area contributed by atoms with Crippen LogP contribution in [-0.2, 0) is 33.8 Å². The average Bonchev–Trinajstić information content (AvgIpc) is 3.42. The van der Waals surface area contributed by atoms with Crippen LogP contribution in [0, 0.1) is 0 Å². The minimum atomic E-state index is -3.97. The molecule has 0 aliphatic carbocycles. The van der Waals surface area contributed by atoms with Crippen LogP contribution in [0.2, 0.25) is 0 Å². The van der Waals surface area contributed by atoms with E-state index in [-0.39, 0.29) is 17.0 Å². The number of likely N-dealkylation sites (N-methyl/N-ethyl adjacent to an activating group) is 1. The Kier molecular flexibility index (Phi) is 11.6. The van der Waals surface area contributed by atoms with E-state index in [9.17, 15) is 23.7 Å². The van der Waals surface area contributed by atoms with Crippen LogP contribution in [0.4, 0.5) is 11.4 Å². The lowest BCUT2D eigenvalue weighted by atomic mass is 9.77. The lowest BCUT2D eigenvalue weighted by Gasteiger charge is -2.30. The molecule has 2 aliphatic rings. The van der Waals surface area contributed by atoms with Crippen molar-refractivity contribution in [2.24, 2.45) is 0 Å². The van der Waals surface area contributed by atoms with Crippen LogP contribution >= 0.6 is 15.2 Å². The largest absolute Gasteiger partial charge is 0.481 e. The molecule has 4 rings (SSSR count). The van der Waals surface area contributed by atoms with Crippen molar-refractivity contribution in [2.75, 3.05) is 32.2 Å². The van der Waals surface area contributed by atoms with Gasteiger partial charge in [0.05, 0.1) is 16.0 Å². The van der Waals surface area contributed by atoms with E-state index in [0.717, 1.165) is 59.7 Å². The SMILES string of the molecule is CCN1C(=CC=CC=CC2=[N+](CC)c3ccc(P(=O)(O)OC)cc3C2(C)C)C(C)(CCCCCC(=O)O)c2cc(P(=O)(O)OC)ccc21. The summed E-state index contributed by atoms with van der Waals surface area (Å²) in [6, 6.07) is 10.6. The van der Waals surface area contributed by atoms with Crippen LogP contribution in [0.25, 0.3) is 0 Å². The molecule has 12 heteroatoms. The zero-order valence-electron chi connectivity index (χ0n) is 29.0. The molecule has 2 aromatic carbocycles. The highest BCUT2D eigenvalue weighted by atomic mass is 31.2. The molecule has 10 nitrogen and oxygen atoms in total. The van der Waals surface area contributed by atoms with Gasteiger partial charge in [-0.25, -0.2) is 0 Å². The number of nitrogens with zero attached hydrogens (tertiary/aromatic N) is 2. The molecular formula is C36H49N2O8P2+. The van der Waals surface area contributed by atoms with Crippen molar-refractivity contribution in [1.29, 1.82) is 0 Å². The van der Waals surface area contributed by atoms with Crippen LogP contribution in [0.15, 0.2) is 72.5 Å². The molecule has 2 aliphatic heterocycles. The predicted octanol–water partition coefficient (Wildman–Crippen LogP) is 6.83. The van der Waals surface area contributed by atoms with E-state index in [1.54, 1.807) is 24.3 Å². The maximum Gasteiger partial charge on any atom is 0.358 e. The zero-order valence-corrected chi connectivity index (χ0v) is 30.8. The second-order valence-electron chi connectivity index (χ2n) is 12.9. The first kappa shape index (κ1) is 37.7. The number of hydrogen-bond donors (Lipinski definition) is 3. The molecule has 260 valence electrons. The van der Waals surface area contributed by atoms with E-state index in [4.69, 9.17) is 14.2 Å². The van der Waals surface area contributed by atoms with Crippen molar-refractivity contribution < 1.29 is 42.4 Å². The van der Waals surface area contributed by atoms with Crippen molar-refractivity contribution in [3.05, 3.63) is 83.6 Å². The highest BCUT2D eigenvalue weighted by molar-refractivity contribution is 7.61. The van der Waals surface area contributed by atoms with Gasteiger partial charge in [0.1, 0.15) is 6.54 Å². The number of benzene rings is 2. The number of allylic oxidation sites excluding steroid dienone is 6. The maximum absolute atomic E-state index is 12.8. The molecule has 2 aromatic rings. The molecule has 3 unspecified atom stereocenters. The second kappa shape index (κ2) is 14.8. The number of aliphatic carboxylic acids is 1. The minimum Gasteiger partial charge on any atom is -0.481 e. The van der Waals surface area contributed by atoms with Gasteiger partial charge < -0.3 is 28.8 Å². The fraction of sp³-hybridized carbons (Fsp3) is 0.444. The Bertz CT molecular complexity index is 1780. The topological polar surface area (TPSA) is 137 Å². The average molecular weight is 700 g/mol. The van der Waals surface area contributed by atoms with Gasteiger partial charge in [0, 0.05) is 61.7 Å². The van der Waals surface area contributed by atoms with Gasteiger partial charge in [-0.1, -0.05) is 31.1 Å². The summed E-state index contributed by atoms with van der Waals surface area (Å²) < 4.78 is 37.4. The maximum atomic E-state index is 12.8. The first-order valence-electron chi connectivity index (χ1n) is 16.4. The number of fused-ring (bicyclic) bond motifs is 2. The van der Waals surface area contributed by atoms with E-state index < -0.39 is 32.0 Å². The Hall–Kier alpha value is -3.10. The second-order valence-corrected chi connectivity index (χ2v) is 16.7. The van der Waals surface area contributed by atoms with Gasteiger partial charge in [0.25, 0.3) is 0 Å². The number of hydrogen-bond acceptors (Lipinski definition) is 6. The van der Waals surface area contributed by atoms with Gasteiger partial charge in [-0.2, -0.15) is 4.58 Å². The fourth-order valence-corrected chi connectivity index (χ4v) is 8.53. The normalized spacial score (nSPS) is 22.0. The number of unbranched alkanes of at least 4 members (excludes halogenated alkanes) is 2. The Balaban J connectivity index is 1.67. The highest BCUT2D eigenvalue weighted by Gasteiger charge is 2.45. The van der Waals surface area contributed by atoms with Gasteiger partial charge in [0.2, 0.25) is 5.69 Å². The quantitative estimate of drug-likeness (QED) is 0.0791. The molecule has 0 aromatic heterocycles. The molecule has 48 heavy (non-hydrogen) atoms. The van der Waals surface area contributed by atoms with Gasteiger partial charge in [-0.05, 0) is 89.4 Å². The van der Waals surface area contributed by atoms with E-state index in [1.165, 1.54) is 14.2 Å². The number of carboxylic acid groups (broad SMARTS) is 1. The summed E-state index contributed by atoms with van der Waals surface area (Å²) in [5.41, 5.74) is 5.09. The molecule has 0 radical (unpaired) electrons. The van der Waals surface area contributed by atoms with E-state index in [2.05, 4.69) is 56.2 Å². The number of carbonyl (C=O) groups is 1. The molecule has 0 saturated heterocycles. The van der Waals surface area contributed by atoms with Crippen molar-refractivity contribution in [3.63, 3.8) is 0 Å². The van der Waals surface area contributed by atoms with Crippen LogP contribution < -0.4 is 15.5 Å². The smallest absolute Gasteiger partial charge is 0.358 e. The lowest BCUT2D eigenvalue weighted by molar-refractivity contribution is -0.433. The molecular weight excluding hydrogens is 650 g/mol. The molecule has 0 saturated carbocycles. The van der Waals surface area contributed by atoms with E-state index in [0.29, 0.717) is 13.0 Å². The Labute approximate surface area is 284 Å². The molecule has 3 N–H and O–H groups in total. The third-order valence-corrected chi connectivity index (χ3v) is 12.5. The Morgan fingerprint density at radius 2 is 1.52 bits per heavy atom. The molecule has 2 heterocycles. The van der Waals surface area contributed by atoms with Crippen molar-refractivity contribution in [2.45, 2.75) is 77.6 Å². The Morgan fingerprint density at radius 1 is 0.896 bits per heavy atom. The van der Waals surface area contributed by atoms with Crippen molar-refractivity contribution >= 4 is 48.9 Å². The minimum absolute atomic E-state index is 0.130. The summed E-state index contributed by atoms with van der Waals surface area (Å²) >= 11 is 0. The predicted molar refractivity (Wildman–Crippen MR) is 192 cm³/mol. The molecule has 0 amide bonds. The van der Waals surface area contributed by atoms with Gasteiger partial charge in [-0.15, -0.1) is 0 Å². The summed E-state index contributed by atoms with van der Waals surface area (Å²) in [4.78, 5) is 34.0. The number of carboxylic acids is 1. The van der Waals surface area contributed by atoms with E-state index in [1.807, 2.05) is 30.4 Å². The van der Waals surface area contributed by atoms with Crippen molar-refractivity contribution in [1.82, 2.24) is 0 Å². The van der Waals surface area contributed by atoms with Gasteiger partial charge in [0.15, 0.2) is 5.71 Å². The lowest BCUT2D eigenvalue weighted by Crippen LogP contribution is -2.28. The highest BCUT2D eigenvalue weighted by Crippen LogP contribution is 2.52. The van der Waals surface area contributed by atoms with Crippen LogP contribution in [-0.4, -0.2) is 58.5 Å². The number of rotatable bonds is 15. The zero-order chi connectivity index (χ0) is 35.5. The third-order valence-electron chi connectivity index (χ3n) is 9.67. The van der Waals surface area contributed by atoms with Gasteiger partial charge >= 0.3 is 21.2 Å². The monoisotopic (exact) mass is 699 g/mol. The molecule has 3 atom stereocenters. The van der Waals surface area contributed by atoms with Crippen LogP contribution in [0.5, 0.6) is 0 Å². The number of anilines is 1. The molecule has 0 spiro atoms. The fourth-order valence-electron chi connectivity index (χ4n) is 7.00. The summed E-state index contributed by atoms with van der Waals surface area (Å²) in [7, 11) is -5.40. The van der Waals surface area contributed by atoms with Crippen LogP contribution in [0.1, 0.15) is 77.8 Å². The standard InChI is InChI=1S/C36H48N2O8P2/c1-8-37-30-21-19-26(47(41,42)45-6)24-28(30)35(3,4)32(37)16-12-10-13-17-33-36(5,23-15-11-14-18-34(39)40)29-25-27(48(43,44)46-7)20-22-31(29)38(33)9-2/h10,12-13,16-17,19-22,24-25H,8-9,11,14-15,18,23H2,1-7H3,(H2-,39,40,41,42,43,44)/p+1. The summed E-state index contributed by atoms with van der Waals surface area (Å²) in [6.07, 6.45) is 13.2. The first-order chi connectivity index (χ1) is 22.6. The molecule has 0 bridgehead atoms.